The van der Waals surface area contributed by atoms with Gasteiger partial charge in [-0.25, -0.2) is 4.39 Å². The molecule has 21 heavy (non-hydrogen) atoms. The number of rotatable bonds is 6. The second kappa shape index (κ2) is 6.42. The van der Waals surface area contributed by atoms with Gasteiger partial charge in [0.2, 0.25) is 0 Å². The highest BCUT2D eigenvalue weighted by molar-refractivity contribution is 5.22. The van der Waals surface area contributed by atoms with Gasteiger partial charge in [-0.15, -0.1) is 0 Å². The van der Waals surface area contributed by atoms with E-state index in [9.17, 15) is 4.39 Å². The summed E-state index contributed by atoms with van der Waals surface area (Å²) in [6.45, 7) is 2.96. The summed E-state index contributed by atoms with van der Waals surface area (Å²) in [6.07, 6.45) is 3.73. The standard InChI is InChI=1S/C17H28FN3/c1-13(19)16(14-7-5-8-15(18)11-14)21(4)12-17(20(2)3)9-6-10-17/h5,7-8,11,13,16H,6,9-10,12,19H2,1-4H3. The maximum Gasteiger partial charge on any atom is 0.123 e. The van der Waals surface area contributed by atoms with E-state index in [1.54, 1.807) is 12.1 Å². The molecule has 0 aromatic heterocycles. The van der Waals surface area contributed by atoms with Crippen molar-refractivity contribution in [3.63, 3.8) is 0 Å². The number of halogens is 1. The second-order valence-electron chi connectivity index (χ2n) is 6.75. The second-order valence-corrected chi connectivity index (χ2v) is 6.75. The highest BCUT2D eigenvalue weighted by Crippen LogP contribution is 2.38. The largest absolute Gasteiger partial charge is 0.326 e. The molecule has 1 aliphatic rings. The average Bonchev–Trinajstić information content (AvgIpc) is 2.33. The van der Waals surface area contributed by atoms with Gasteiger partial charge in [-0.3, -0.25) is 4.90 Å². The summed E-state index contributed by atoms with van der Waals surface area (Å²) in [4.78, 5) is 4.62. The predicted molar refractivity (Wildman–Crippen MR) is 85.7 cm³/mol. The molecule has 1 fully saturated rings. The SMILES string of the molecule is CC(N)C(c1cccc(F)c1)N(C)CC1(N(C)C)CCC1. The molecule has 0 spiro atoms. The van der Waals surface area contributed by atoms with E-state index in [1.165, 1.54) is 25.3 Å². The predicted octanol–water partition coefficient (Wildman–Crippen LogP) is 2.63. The molecule has 1 aliphatic carbocycles. The Balaban J connectivity index is 2.18. The molecular weight excluding hydrogens is 265 g/mol. The van der Waals surface area contributed by atoms with Crippen LogP contribution in [-0.2, 0) is 0 Å². The van der Waals surface area contributed by atoms with Crippen LogP contribution in [0, 0.1) is 5.82 Å². The number of hydrogen-bond acceptors (Lipinski definition) is 3. The molecular formula is C17H28FN3. The zero-order valence-electron chi connectivity index (χ0n) is 13.6. The summed E-state index contributed by atoms with van der Waals surface area (Å²) in [5, 5.41) is 0. The van der Waals surface area contributed by atoms with E-state index in [4.69, 9.17) is 5.73 Å². The first-order chi connectivity index (χ1) is 9.85. The zero-order chi connectivity index (χ0) is 15.6. The normalized spacial score (nSPS) is 20.4. The van der Waals surface area contributed by atoms with Gasteiger partial charge in [0, 0.05) is 24.2 Å². The molecule has 2 rings (SSSR count). The molecule has 2 atom stereocenters. The van der Waals surface area contributed by atoms with Crippen LogP contribution in [0.1, 0.15) is 37.8 Å². The summed E-state index contributed by atoms with van der Waals surface area (Å²) < 4.78 is 13.5. The Morgan fingerprint density at radius 3 is 2.38 bits per heavy atom. The number of benzene rings is 1. The highest BCUT2D eigenvalue weighted by atomic mass is 19.1. The lowest BCUT2D eigenvalue weighted by atomic mass is 9.75. The van der Waals surface area contributed by atoms with Crippen LogP contribution < -0.4 is 5.73 Å². The fourth-order valence-corrected chi connectivity index (χ4v) is 3.54. The first-order valence-corrected chi connectivity index (χ1v) is 7.74. The van der Waals surface area contributed by atoms with Gasteiger partial charge < -0.3 is 10.6 Å². The third-order valence-corrected chi connectivity index (χ3v) is 4.94. The first-order valence-electron chi connectivity index (χ1n) is 7.74. The maximum atomic E-state index is 13.5. The van der Waals surface area contributed by atoms with Gasteiger partial charge in [-0.05, 0) is 65.0 Å². The van der Waals surface area contributed by atoms with Crippen LogP contribution in [0.25, 0.3) is 0 Å². The molecule has 0 radical (unpaired) electrons. The van der Waals surface area contributed by atoms with Crippen molar-refractivity contribution in [2.24, 2.45) is 5.73 Å². The van der Waals surface area contributed by atoms with E-state index in [1.807, 2.05) is 13.0 Å². The Morgan fingerprint density at radius 1 is 1.29 bits per heavy atom. The quantitative estimate of drug-likeness (QED) is 0.875. The molecule has 0 aliphatic heterocycles. The molecule has 1 saturated carbocycles. The van der Waals surface area contributed by atoms with Crippen molar-refractivity contribution in [3.05, 3.63) is 35.6 Å². The van der Waals surface area contributed by atoms with Crippen molar-refractivity contribution < 1.29 is 4.39 Å². The fourth-order valence-electron chi connectivity index (χ4n) is 3.54. The van der Waals surface area contributed by atoms with E-state index in [2.05, 4.69) is 30.9 Å². The molecule has 118 valence electrons. The number of nitrogens with zero attached hydrogens (tertiary/aromatic N) is 2. The molecule has 4 heteroatoms. The number of likely N-dealkylation sites (N-methyl/N-ethyl adjacent to an activating group) is 2. The van der Waals surface area contributed by atoms with Crippen molar-refractivity contribution >= 4 is 0 Å². The average molecular weight is 293 g/mol. The van der Waals surface area contributed by atoms with Gasteiger partial charge in [0.05, 0.1) is 0 Å². The van der Waals surface area contributed by atoms with Gasteiger partial charge in [0.15, 0.2) is 0 Å². The molecule has 0 amide bonds. The smallest absolute Gasteiger partial charge is 0.123 e. The van der Waals surface area contributed by atoms with Crippen LogP contribution in [0.15, 0.2) is 24.3 Å². The molecule has 2 N–H and O–H groups in total. The zero-order valence-corrected chi connectivity index (χ0v) is 13.6. The van der Waals surface area contributed by atoms with Crippen molar-refractivity contribution in [2.45, 2.75) is 43.8 Å². The van der Waals surface area contributed by atoms with Crippen LogP contribution in [0.3, 0.4) is 0 Å². The van der Waals surface area contributed by atoms with Crippen molar-refractivity contribution in [3.8, 4) is 0 Å². The minimum absolute atomic E-state index is 0.0399. The van der Waals surface area contributed by atoms with E-state index in [-0.39, 0.29) is 23.4 Å². The Hall–Kier alpha value is -0.970. The lowest BCUT2D eigenvalue weighted by Gasteiger charge is -2.50. The van der Waals surface area contributed by atoms with Gasteiger partial charge >= 0.3 is 0 Å². The van der Waals surface area contributed by atoms with Crippen LogP contribution in [-0.4, -0.2) is 49.1 Å². The van der Waals surface area contributed by atoms with Gasteiger partial charge in [-0.1, -0.05) is 12.1 Å². The van der Waals surface area contributed by atoms with Crippen LogP contribution in [0.5, 0.6) is 0 Å². The van der Waals surface area contributed by atoms with Crippen LogP contribution in [0.2, 0.25) is 0 Å². The molecule has 2 unspecified atom stereocenters. The lowest BCUT2D eigenvalue weighted by Crippen LogP contribution is -2.58. The highest BCUT2D eigenvalue weighted by Gasteiger charge is 2.41. The molecule has 3 nitrogen and oxygen atoms in total. The van der Waals surface area contributed by atoms with Crippen molar-refractivity contribution in [1.82, 2.24) is 9.80 Å². The maximum absolute atomic E-state index is 13.5. The Bertz CT molecular complexity index is 469. The van der Waals surface area contributed by atoms with Gasteiger partial charge in [0.25, 0.3) is 0 Å². The third kappa shape index (κ3) is 3.44. The van der Waals surface area contributed by atoms with E-state index in [0.717, 1.165) is 12.1 Å². The van der Waals surface area contributed by atoms with E-state index < -0.39 is 0 Å². The number of hydrogen-bond donors (Lipinski definition) is 1. The third-order valence-electron chi connectivity index (χ3n) is 4.94. The Kier molecular flexibility index (Phi) is 5.02. The van der Waals surface area contributed by atoms with Crippen LogP contribution in [0.4, 0.5) is 4.39 Å². The first kappa shape index (κ1) is 16.4. The molecule has 1 aromatic rings. The monoisotopic (exact) mass is 293 g/mol. The van der Waals surface area contributed by atoms with E-state index >= 15 is 0 Å². The summed E-state index contributed by atoms with van der Waals surface area (Å²) in [6, 6.07) is 6.81. The fraction of sp³-hybridized carbons (Fsp3) is 0.647. The van der Waals surface area contributed by atoms with Crippen molar-refractivity contribution in [2.75, 3.05) is 27.7 Å². The van der Waals surface area contributed by atoms with E-state index in [0.29, 0.717) is 0 Å². The summed E-state index contributed by atoms with van der Waals surface area (Å²) in [5.74, 6) is -0.197. The minimum atomic E-state index is -0.197. The summed E-state index contributed by atoms with van der Waals surface area (Å²) >= 11 is 0. The molecule has 1 aromatic carbocycles. The van der Waals surface area contributed by atoms with Crippen LogP contribution >= 0.6 is 0 Å². The Labute approximate surface area is 127 Å². The minimum Gasteiger partial charge on any atom is -0.326 e. The molecule has 0 heterocycles. The topological polar surface area (TPSA) is 32.5 Å². The molecule has 0 bridgehead atoms. The molecule has 0 saturated heterocycles. The lowest BCUT2D eigenvalue weighted by molar-refractivity contribution is 0.0130. The van der Waals surface area contributed by atoms with Crippen molar-refractivity contribution in [1.29, 1.82) is 0 Å². The summed E-state index contributed by atoms with van der Waals surface area (Å²) in [5.41, 5.74) is 7.40. The Morgan fingerprint density at radius 2 is 1.95 bits per heavy atom. The van der Waals surface area contributed by atoms with Gasteiger partial charge in [0.1, 0.15) is 5.82 Å². The van der Waals surface area contributed by atoms with Gasteiger partial charge in [-0.2, -0.15) is 0 Å². The number of nitrogens with two attached hydrogens (primary N) is 1. The summed E-state index contributed by atoms with van der Waals surface area (Å²) in [7, 11) is 6.40.